The molecule has 0 aliphatic carbocycles. The minimum absolute atomic E-state index is 0.466. The van der Waals surface area contributed by atoms with Gasteiger partial charge in [0.1, 0.15) is 6.04 Å². The largest absolute Gasteiger partial charge is 0.481 e. The second-order valence-electron chi connectivity index (χ2n) is 3.16. The Morgan fingerprint density at radius 2 is 1.78 bits per heavy atom. The Morgan fingerprint density at radius 1 is 1.22 bits per heavy atom. The number of alkyl halides is 3. The van der Waals surface area contributed by atoms with Crippen molar-refractivity contribution in [3.8, 4) is 0 Å². The van der Waals surface area contributed by atoms with Crippen LogP contribution in [0.2, 0.25) is 0 Å². The van der Waals surface area contributed by atoms with Crippen LogP contribution in [0.3, 0.4) is 0 Å². The average molecular weight is 273 g/mol. The summed E-state index contributed by atoms with van der Waals surface area (Å²) in [5.41, 5.74) is 0. The van der Waals surface area contributed by atoms with Gasteiger partial charge in [-0.05, 0) is 6.42 Å². The van der Waals surface area contributed by atoms with E-state index >= 15 is 0 Å². The molecule has 18 heavy (non-hydrogen) atoms. The molecule has 0 heterocycles. The molecule has 10 heteroatoms. The highest BCUT2D eigenvalue weighted by atomic mass is 19.4. The first kappa shape index (κ1) is 16.0. The van der Waals surface area contributed by atoms with E-state index in [0.29, 0.717) is 0 Å². The minimum atomic E-state index is -4.73. The predicted molar refractivity (Wildman–Crippen MR) is 48.8 cm³/mol. The van der Waals surface area contributed by atoms with Crippen molar-refractivity contribution in [1.29, 1.82) is 0 Å². The van der Waals surface area contributed by atoms with Gasteiger partial charge in [0.2, 0.25) is 0 Å². The zero-order valence-corrected chi connectivity index (χ0v) is 8.86. The fourth-order valence-electron chi connectivity index (χ4n) is 0.856. The third kappa shape index (κ3) is 8.19. The molecule has 0 saturated carbocycles. The summed E-state index contributed by atoms with van der Waals surface area (Å²) in [6, 6.07) is -1.62. The number of ether oxygens (including phenoxy) is 1. The molecule has 1 amide bonds. The Labute approximate surface area is 98.5 Å². The molecule has 3 N–H and O–H groups in total. The van der Waals surface area contributed by atoms with Gasteiger partial charge < -0.3 is 20.3 Å². The smallest absolute Gasteiger partial charge is 0.422 e. The quantitative estimate of drug-likeness (QED) is 0.653. The molecule has 0 aromatic rings. The van der Waals surface area contributed by atoms with E-state index in [1.54, 1.807) is 5.32 Å². The van der Waals surface area contributed by atoms with Gasteiger partial charge in [-0.25, -0.2) is 9.59 Å². The van der Waals surface area contributed by atoms with Crippen LogP contribution in [0.5, 0.6) is 0 Å². The minimum Gasteiger partial charge on any atom is -0.481 e. The van der Waals surface area contributed by atoms with Gasteiger partial charge in [-0.2, -0.15) is 13.2 Å². The number of carboxylic acid groups (broad SMARTS) is 2. The van der Waals surface area contributed by atoms with Gasteiger partial charge >= 0.3 is 24.2 Å². The van der Waals surface area contributed by atoms with Crippen LogP contribution < -0.4 is 5.32 Å². The molecule has 0 fully saturated rings. The van der Waals surface area contributed by atoms with Crippen LogP contribution in [-0.2, 0) is 14.3 Å². The van der Waals surface area contributed by atoms with Crippen LogP contribution in [0.15, 0.2) is 0 Å². The van der Waals surface area contributed by atoms with Crippen molar-refractivity contribution in [2.24, 2.45) is 0 Å². The monoisotopic (exact) mass is 273 g/mol. The molecule has 0 unspecified atom stereocenters. The number of halogens is 3. The van der Waals surface area contributed by atoms with Crippen molar-refractivity contribution in [2.45, 2.75) is 25.1 Å². The molecular formula is C8H10F3NO6. The Bertz CT molecular complexity index is 329. The molecule has 0 aliphatic heterocycles. The van der Waals surface area contributed by atoms with E-state index < -0.39 is 49.7 Å². The summed E-state index contributed by atoms with van der Waals surface area (Å²) in [4.78, 5) is 31.6. The molecular weight excluding hydrogens is 263 g/mol. The zero-order chi connectivity index (χ0) is 14.3. The van der Waals surface area contributed by atoms with Crippen LogP contribution in [0.25, 0.3) is 0 Å². The van der Waals surface area contributed by atoms with Gasteiger partial charge in [-0.1, -0.05) is 0 Å². The normalized spacial score (nSPS) is 12.6. The molecule has 1 atom stereocenters. The first-order chi connectivity index (χ1) is 8.11. The summed E-state index contributed by atoms with van der Waals surface area (Å²) < 4.78 is 38.7. The van der Waals surface area contributed by atoms with Crippen molar-refractivity contribution in [3.63, 3.8) is 0 Å². The summed E-state index contributed by atoms with van der Waals surface area (Å²) in [6.07, 6.45) is -7.33. The maximum absolute atomic E-state index is 11.7. The second kappa shape index (κ2) is 6.67. The highest BCUT2D eigenvalue weighted by Crippen LogP contribution is 2.14. The van der Waals surface area contributed by atoms with Crippen LogP contribution in [0.4, 0.5) is 18.0 Å². The molecule has 0 saturated heterocycles. The van der Waals surface area contributed by atoms with Crippen molar-refractivity contribution < 1.29 is 42.5 Å². The molecule has 0 radical (unpaired) electrons. The second-order valence-corrected chi connectivity index (χ2v) is 3.16. The van der Waals surface area contributed by atoms with Gasteiger partial charge in [-0.15, -0.1) is 0 Å². The molecule has 0 aromatic heterocycles. The topological polar surface area (TPSA) is 113 Å². The van der Waals surface area contributed by atoms with Crippen molar-refractivity contribution in [2.75, 3.05) is 6.61 Å². The third-order valence-corrected chi connectivity index (χ3v) is 1.60. The Kier molecular flexibility index (Phi) is 5.93. The fraction of sp³-hybridized carbons (Fsp3) is 0.625. The number of hydrogen-bond acceptors (Lipinski definition) is 4. The van der Waals surface area contributed by atoms with Gasteiger partial charge in [0.15, 0.2) is 6.61 Å². The standard InChI is InChI=1S/C8H10F3NO6/c9-8(10,11)3-18-7(17)12-4(6(15)16)1-2-5(13)14/h4H,1-3H2,(H,12,17)(H,13,14)(H,15,16)/t4-/m0/s1. The first-order valence-corrected chi connectivity index (χ1v) is 4.56. The summed E-state index contributed by atoms with van der Waals surface area (Å²) in [5.74, 6) is -2.87. The van der Waals surface area contributed by atoms with Gasteiger partial charge in [-0.3, -0.25) is 4.79 Å². The van der Waals surface area contributed by atoms with Crippen LogP contribution in [0, 0.1) is 0 Å². The summed E-state index contributed by atoms with van der Waals surface area (Å²) in [5, 5.41) is 18.5. The number of hydrogen-bond donors (Lipinski definition) is 3. The number of rotatable bonds is 6. The lowest BCUT2D eigenvalue weighted by Gasteiger charge is -2.14. The van der Waals surface area contributed by atoms with E-state index in [-0.39, 0.29) is 0 Å². The maximum atomic E-state index is 11.7. The highest BCUT2D eigenvalue weighted by molar-refractivity contribution is 5.80. The lowest BCUT2D eigenvalue weighted by molar-refractivity contribution is -0.160. The van der Waals surface area contributed by atoms with E-state index in [1.807, 2.05) is 0 Å². The number of amides is 1. The van der Waals surface area contributed by atoms with E-state index in [2.05, 4.69) is 4.74 Å². The van der Waals surface area contributed by atoms with Crippen molar-refractivity contribution >= 4 is 18.0 Å². The van der Waals surface area contributed by atoms with Crippen molar-refractivity contribution in [3.05, 3.63) is 0 Å². The van der Waals surface area contributed by atoms with E-state index in [1.165, 1.54) is 0 Å². The SMILES string of the molecule is O=C(O)CC[C@H](NC(=O)OCC(F)(F)F)C(=O)O. The van der Waals surface area contributed by atoms with Gasteiger partial charge in [0, 0.05) is 6.42 Å². The molecule has 0 aliphatic rings. The first-order valence-electron chi connectivity index (χ1n) is 4.56. The maximum Gasteiger partial charge on any atom is 0.422 e. The highest BCUT2D eigenvalue weighted by Gasteiger charge is 2.30. The summed E-state index contributed by atoms with van der Waals surface area (Å²) in [7, 11) is 0. The summed E-state index contributed by atoms with van der Waals surface area (Å²) >= 11 is 0. The van der Waals surface area contributed by atoms with Gasteiger partial charge in [0.25, 0.3) is 0 Å². The average Bonchev–Trinajstić information content (AvgIpc) is 2.19. The molecule has 0 bridgehead atoms. The van der Waals surface area contributed by atoms with Gasteiger partial charge in [0.05, 0.1) is 0 Å². The molecule has 0 aromatic carbocycles. The van der Waals surface area contributed by atoms with Crippen molar-refractivity contribution in [1.82, 2.24) is 5.32 Å². The molecule has 0 spiro atoms. The lowest BCUT2D eigenvalue weighted by Crippen LogP contribution is -2.42. The molecule has 0 rings (SSSR count). The van der Waals surface area contributed by atoms with Crippen LogP contribution in [0.1, 0.15) is 12.8 Å². The number of nitrogens with one attached hydrogen (secondary N) is 1. The van der Waals surface area contributed by atoms with Crippen LogP contribution >= 0.6 is 0 Å². The molecule has 104 valence electrons. The van der Waals surface area contributed by atoms with E-state index in [9.17, 15) is 27.6 Å². The zero-order valence-electron chi connectivity index (χ0n) is 8.86. The number of carboxylic acids is 2. The Balaban J connectivity index is 4.20. The van der Waals surface area contributed by atoms with E-state index in [4.69, 9.17) is 10.2 Å². The number of carbonyl (C=O) groups is 3. The number of aliphatic carboxylic acids is 2. The number of alkyl carbamates (subject to hydrolysis) is 1. The van der Waals surface area contributed by atoms with Crippen LogP contribution in [-0.4, -0.2) is 47.1 Å². The van der Waals surface area contributed by atoms with E-state index in [0.717, 1.165) is 0 Å². The Morgan fingerprint density at radius 3 is 2.17 bits per heavy atom. The molecule has 7 nitrogen and oxygen atoms in total. The third-order valence-electron chi connectivity index (χ3n) is 1.60. The predicted octanol–water partition coefficient (Wildman–Crippen LogP) is 0.593. The lowest BCUT2D eigenvalue weighted by atomic mass is 10.1. The Hall–Kier alpha value is -2.00. The fourth-order valence-corrected chi connectivity index (χ4v) is 0.856. The summed E-state index contributed by atoms with van der Waals surface area (Å²) in [6.45, 7) is -1.86. The number of carbonyl (C=O) groups excluding carboxylic acids is 1.